The summed E-state index contributed by atoms with van der Waals surface area (Å²) in [5.74, 6) is -0.0453. The van der Waals surface area contributed by atoms with E-state index >= 15 is 0 Å². The molecular formula is C19H16BrClN2OS. The van der Waals surface area contributed by atoms with Gasteiger partial charge in [-0.15, -0.1) is 11.3 Å². The third kappa shape index (κ3) is 4.91. The molecule has 1 heterocycles. The second kappa shape index (κ2) is 8.13. The lowest BCUT2D eigenvalue weighted by Gasteiger charge is -2.03. The molecule has 3 nitrogen and oxygen atoms in total. The number of thiazole rings is 1. The first-order valence-corrected chi connectivity index (χ1v) is 9.77. The van der Waals surface area contributed by atoms with Gasteiger partial charge in [0.25, 0.3) is 0 Å². The summed E-state index contributed by atoms with van der Waals surface area (Å²) in [6.45, 7) is 2.01. The zero-order valence-corrected chi connectivity index (χ0v) is 16.7. The predicted octanol–water partition coefficient (Wildman–Crippen LogP) is 6.11. The van der Waals surface area contributed by atoms with Gasteiger partial charge in [0, 0.05) is 26.4 Å². The number of nitrogens with one attached hydrogen (secondary N) is 1. The second-order valence-electron chi connectivity index (χ2n) is 5.61. The molecule has 1 aromatic heterocycles. The summed E-state index contributed by atoms with van der Waals surface area (Å²) in [6, 6.07) is 15.6. The third-order valence-corrected chi connectivity index (χ3v) is 5.34. The molecule has 0 atom stereocenters. The van der Waals surface area contributed by atoms with Gasteiger partial charge in [0.15, 0.2) is 5.13 Å². The van der Waals surface area contributed by atoms with Crippen LogP contribution in [0.15, 0.2) is 53.0 Å². The van der Waals surface area contributed by atoms with Gasteiger partial charge in [0.05, 0.1) is 5.69 Å². The van der Waals surface area contributed by atoms with Crippen LogP contribution >= 0.6 is 38.9 Å². The van der Waals surface area contributed by atoms with Crippen molar-refractivity contribution in [2.75, 3.05) is 5.32 Å². The Morgan fingerprint density at radius 3 is 2.72 bits per heavy atom. The van der Waals surface area contributed by atoms with E-state index in [1.807, 2.05) is 55.5 Å². The average Bonchev–Trinajstić information content (AvgIpc) is 2.94. The largest absolute Gasteiger partial charge is 0.302 e. The highest BCUT2D eigenvalue weighted by Gasteiger charge is 2.12. The summed E-state index contributed by atoms with van der Waals surface area (Å²) in [4.78, 5) is 17.8. The van der Waals surface area contributed by atoms with Crippen LogP contribution in [0.25, 0.3) is 11.3 Å². The van der Waals surface area contributed by atoms with E-state index in [1.54, 1.807) is 0 Å². The van der Waals surface area contributed by atoms with Crippen LogP contribution in [-0.4, -0.2) is 10.9 Å². The first-order valence-electron chi connectivity index (χ1n) is 7.79. The number of halogens is 2. The zero-order chi connectivity index (χ0) is 17.8. The quantitative estimate of drug-likeness (QED) is 0.525. The molecule has 1 N–H and O–H groups in total. The number of amides is 1. The number of hydrogen-bond acceptors (Lipinski definition) is 3. The van der Waals surface area contributed by atoms with E-state index in [4.69, 9.17) is 11.6 Å². The molecule has 0 bridgehead atoms. The van der Waals surface area contributed by atoms with Crippen molar-refractivity contribution in [3.05, 3.63) is 68.5 Å². The summed E-state index contributed by atoms with van der Waals surface area (Å²) < 4.78 is 1.03. The standard InChI is InChI=1S/C19H16BrClN2OS/c1-12-18(14-6-8-15(20)9-7-14)23-19(25-12)22-17(24)10-5-13-3-2-4-16(21)11-13/h2-4,6-9,11H,5,10H2,1H3,(H,22,23,24). The molecular weight excluding hydrogens is 420 g/mol. The van der Waals surface area contributed by atoms with Gasteiger partial charge < -0.3 is 5.32 Å². The molecule has 0 radical (unpaired) electrons. The van der Waals surface area contributed by atoms with Crippen molar-refractivity contribution < 1.29 is 4.79 Å². The molecule has 0 spiro atoms. The molecule has 0 aliphatic carbocycles. The maximum Gasteiger partial charge on any atom is 0.226 e. The maximum atomic E-state index is 12.2. The molecule has 0 unspecified atom stereocenters. The average molecular weight is 436 g/mol. The Labute approximate surface area is 164 Å². The molecule has 2 aromatic carbocycles. The molecule has 3 rings (SSSR count). The molecule has 0 saturated carbocycles. The van der Waals surface area contributed by atoms with Crippen LogP contribution < -0.4 is 5.32 Å². The Balaban J connectivity index is 1.64. The fourth-order valence-corrected chi connectivity index (χ4v) is 3.79. The Kier molecular flexibility index (Phi) is 5.89. The van der Waals surface area contributed by atoms with Crippen molar-refractivity contribution in [1.29, 1.82) is 0 Å². The lowest BCUT2D eigenvalue weighted by atomic mass is 10.1. The first kappa shape index (κ1) is 18.1. The van der Waals surface area contributed by atoms with E-state index in [1.165, 1.54) is 11.3 Å². The van der Waals surface area contributed by atoms with Crippen LogP contribution in [0.2, 0.25) is 5.02 Å². The first-order chi connectivity index (χ1) is 12.0. The number of aryl methyl sites for hydroxylation is 2. The van der Waals surface area contributed by atoms with Crippen molar-refractivity contribution in [2.45, 2.75) is 19.8 Å². The van der Waals surface area contributed by atoms with Crippen LogP contribution in [0.5, 0.6) is 0 Å². The fraction of sp³-hybridized carbons (Fsp3) is 0.158. The van der Waals surface area contributed by atoms with Crippen LogP contribution in [0.3, 0.4) is 0 Å². The summed E-state index contributed by atoms with van der Waals surface area (Å²) >= 11 is 10.9. The van der Waals surface area contributed by atoms with Crippen molar-refractivity contribution >= 4 is 49.9 Å². The van der Waals surface area contributed by atoms with E-state index in [2.05, 4.69) is 26.2 Å². The highest BCUT2D eigenvalue weighted by Crippen LogP contribution is 2.31. The predicted molar refractivity (Wildman–Crippen MR) is 108 cm³/mol. The normalized spacial score (nSPS) is 10.7. The highest BCUT2D eigenvalue weighted by atomic mass is 79.9. The van der Waals surface area contributed by atoms with Gasteiger partial charge in [0.1, 0.15) is 0 Å². The minimum atomic E-state index is -0.0453. The number of benzene rings is 2. The minimum Gasteiger partial charge on any atom is -0.302 e. The number of rotatable bonds is 5. The van der Waals surface area contributed by atoms with Gasteiger partial charge in [-0.2, -0.15) is 0 Å². The molecule has 0 aliphatic heterocycles. The molecule has 128 valence electrons. The Morgan fingerprint density at radius 2 is 2.00 bits per heavy atom. The van der Waals surface area contributed by atoms with Gasteiger partial charge in [-0.3, -0.25) is 4.79 Å². The van der Waals surface area contributed by atoms with Crippen molar-refractivity contribution in [3.63, 3.8) is 0 Å². The smallest absolute Gasteiger partial charge is 0.226 e. The summed E-state index contributed by atoms with van der Waals surface area (Å²) in [5, 5.41) is 4.21. The van der Waals surface area contributed by atoms with Gasteiger partial charge in [0.2, 0.25) is 5.91 Å². The lowest BCUT2D eigenvalue weighted by molar-refractivity contribution is -0.116. The maximum absolute atomic E-state index is 12.2. The number of anilines is 1. The van der Waals surface area contributed by atoms with E-state index in [-0.39, 0.29) is 5.91 Å². The second-order valence-corrected chi connectivity index (χ2v) is 8.16. The molecule has 0 fully saturated rings. The number of nitrogens with zero attached hydrogens (tertiary/aromatic N) is 1. The molecule has 0 aliphatic rings. The van der Waals surface area contributed by atoms with Crippen LogP contribution in [0.1, 0.15) is 16.9 Å². The lowest BCUT2D eigenvalue weighted by Crippen LogP contribution is -2.12. The van der Waals surface area contributed by atoms with Crippen molar-refractivity contribution in [3.8, 4) is 11.3 Å². The van der Waals surface area contributed by atoms with E-state index in [0.717, 1.165) is 26.2 Å². The van der Waals surface area contributed by atoms with Crippen molar-refractivity contribution in [1.82, 2.24) is 4.98 Å². The van der Waals surface area contributed by atoms with Gasteiger partial charge in [-0.05, 0) is 43.2 Å². The van der Waals surface area contributed by atoms with Crippen LogP contribution in [0, 0.1) is 6.92 Å². The van der Waals surface area contributed by atoms with Crippen LogP contribution in [-0.2, 0) is 11.2 Å². The zero-order valence-electron chi connectivity index (χ0n) is 13.6. The Bertz CT molecular complexity index is 893. The Morgan fingerprint density at radius 1 is 1.24 bits per heavy atom. The highest BCUT2D eigenvalue weighted by molar-refractivity contribution is 9.10. The van der Waals surface area contributed by atoms with Crippen molar-refractivity contribution in [2.24, 2.45) is 0 Å². The molecule has 25 heavy (non-hydrogen) atoms. The van der Waals surface area contributed by atoms with Gasteiger partial charge in [-0.25, -0.2) is 4.98 Å². The minimum absolute atomic E-state index is 0.0453. The van der Waals surface area contributed by atoms with E-state index < -0.39 is 0 Å². The van der Waals surface area contributed by atoms with Gasteiger partial charge in [-0.1, -0.05) is 51.8 Å². The molecule has 1 amide bonds. The summed E-state index contributed by atoms with van der Waals surface area (Å²) in [6.07, 6.45) is 1.04. The van der Waals surface area contributed by atoms with E-state index in [0.29, 0.717) is 23.0 Å². The number of carbonyl (C=O) groups excluding carboxylic acids is 1. The Hall–Kier alpha value is -1.69. The SMILES string of the molecule is Cc1sc(NC(=O)CCc2cccc(Cl)c2)nc1-c1ccc(Br)cc1. The molecule has 3 aromatic rings. The number of aromatic nitrogens is 1. The molecule has 6 heteroatoms. The number of carbonyl (C=O) groups is 1. The summed E-state index contributed by atoms with van der Waals surface area (Å²) in [7, 11) is 0. The number of hydrogen-bond donors (Lipinski definition) is 1. The summed E-state index contributed by atoms with van der Waals surface area (Å²) in [5.41, 5.74) is 2.99. The topological polar surface area (TPSA) is 42.0 Å². The third-order valence-electron chi connectivity index (χ3n) is 3.69. The van der Waals surface area contributed by atoms with Gasteiger partial charge >= 0.3 is 0 Å². The fourth-order valence-electron chi connectivity index (χ4n) is 2.46. The molecule has 0 saturated heterocycles. The monoisotopic (exact) mass is 434 g/mol. The van der Waals surface area contributed by atoms with Crippen LogP contribution in [0.4, 0.5) is 5.13 Å². The van der Waals surface area contributed by atoms with E-state index in [9.17, 15) is 4.79 Å².